The Labute approximate surface area is 155 Å². The third-order valence-corrected chi connectivity index (χ3v) is 4.76. The number of rotatable bonds is 4. The SMILES string of the molecule is Cc1cc(C(=O)NCCc2c(C)nn(C)c2C)c2c(=O)[nH]c(=O)n(C)c2n1. The van der Waals surface area contributed by atoms with Crippen molar-refractivity contribution in [2.24, 2.45) is 14.1 Å². The summed E-state index contributed by atoms with van der Waals surface area (Å²) in [4.78, 5) is 43.3. The van der Waals surface area contributed by atoms with Crippen molar-refractivity contribution in [2.75, 3.05) is 6.54 Å². The summed E-state index contributed by atoms with van der Waals surface area (Å²) >= 11 is 0. The number of carbonyl (C=O) groups is 1. The lowest BCUT2D eigenvalue weighted by molar-refractivity contribution is 0.0955. The molecular weight excluding hydrogens is 348 g/mol. The van der Waals surface area contributed by atoms with Crippen molar-refractivity contribution in [3.8, 4) is 0 Å². The highest BCUT2D eigenvalue weighted by Crippen LogP contribution is 2.14. The van der Waals surface area contributed by atoms with E-state index in [2.05, 4.69) is 20.4 Å². The zero-order chi connectivity index (χ0) is 19.9. The molecule has 0 saturated heterocycles. The molecular formula is C18H22N6O3. The van der Waals surface area contributed by atoms with Crippen molar-refractivity contribution >= 4 is 16.9 Å². The number of nitrogens with zero attached hydrogens (tertiary/aromatic N) is 4. The van der Waals surface area contributed by atoms with Crippen LogP contribution in [-0.4, -0.2) is 36.8 Å². The highest BCUT2D eigenvalue weighted by Gasteiger charge is 2.18. The quantitative estimate of drug-likeness (QED) is 0.683. The number of hydrogen-bond acceptors (Lipinski definition) is 5. The van der Waals surface area contributed by atoms with Crippen molar-refractivity contribution in [1.82, 2.24) is 29.6 Å². The standard InChI is InChI=1S/C18H22N6O3/c1-9-8-13(14-15(20-9)23(4)18(27)21-17(14)26)16(25)19-7-6-12-10(2)22-24(5)11(12)3/h8H,6-7H2,1-5H3,(H,19,25)(H,21,26,27). The Morgan fingerprint density at radius 1 is 1.22 bits per heavy atom. The van der Waals surface area contributed by atoms with Crippen LogP contribution >= 0.6 is 0 Å². The summed E-state index contributed by atoms with van der Waals surface area (Å²) in [6.07, 6.45) is 0.633. The van der Waals surface area contributed by atoms with E-state index in [-0.39, 0.29) is 22.5 Å². The van der Waals surface area contributed by atoms with E-state index < -0.39 is 11.2 Å². The van der Waals surface area contributed by atoms with Gasteiger partial charge in [0.25, 0.3) is 11.5 Å². The fourth-order valence-electron chi connectivity index (χ4n) is 3.22. The maximum atomic E-state index is 12.7. The number of nitrogens with one attached hydrogen (secondary N) is 2. The molecule has 3 rings (SSSR count). The van der Waals surface area contributed by atoms with Crippen molar-refractivity contribution in [3.63, 3.8) is 0 Å². The van der Waals surface area contributed by atoms with Crippen molar-refractivity contribution in [1.29, 1.82) is 0 Å². The van der Waals surface area contributed by atoms with E-state index in [0.29, 0.717) is 18.7 Å². The van der Waals surface area contributed by atoms with Crippen LogP contribution < -0.4 is 16.6 Å². The van der Waals surface area contributed by atoms with Gasteiger partial charge < -0.3 is 5.32 Å². The average Bonchev–Trinajstić information content (AvgIpc) is 2.84. The number of aromatic amines is 1. The van der Waals surface area contributed by atoms with Gasteiger partial charge in [0, 0.05) is 32.0 Å². The fraction of sp³-hybridized carbons (Fsp3) is 0.389. The summed E-state index contributed by atoms with van der Waals surface area (Å²) in [5, 5.41) is 7.32. The second-order valence-electron chi connectivity index (χ2n) is 6.61. The summed E-state index contributed by atoms with van der Waals surface area (Å²) in [5.41, 5.74) is 2.83. The van der Waals surface area contributed by atoms with Gasteiger partial charge in [-0.05, 0) is 38.8 Å². The van der Waals surface area contributed by atoms with Gasteiger partial charge in [0.05, 0.1) is 16.6 Å². The Morgan fingerprint density at radius 2 is 1.93 bits per heavy atom. The predicted octanol–water partition coefficient (Wildman–Crippen LogP) is 0.253. The van der Waals surface area contributed by atoms with Gasteiger partial charge in [-0.2, -0.15) is 5.10 Å². The van der Waals surface area contributed by atoms with E-state index in [4.69, 9.17) is 0 Å². The molecule has 9 nitrogen and oxygen atoms in total. The minimum atomic E-state index is -0.621. The lowest BCUT2D eigenvalue weighted by Gasteiger charge is -2.10. The van der Waals surface area contributed by atoms with Gasteiger partial charge in [0.1, 0.15) is 5.65 Å². The van der Waals surface area contributed by atoms with Crippen LogP contribution in [0.5, 0.6) is 0 Å². The molecule has 27 heavy (non-hydrogen) atoms. The molecule has 0 radical (unpaired) electrons. The largest absolute Gasteiger partial charge is 0.352 e. The molecule has 3 aromatic heterocycles. The number of fused-ring (bicyclic) bond motifs is 1. The minimum Gasteiger partial charge on any atom is -0.352 e. The summed E-state index contributed by atoms with van der Waals surface area (Å²) in [5.74, 6) is -0.381. The van der Waals surface area contributed by atoms with E-state index in [1.54, 1.807) is 13.0 Å². The van der Waals surface area contributed by atoms with Crippen molar-refractivity contribution < 1.29 is 4.79 Å². The van der Waals surface area contributed by atoms with E-state index in [0.717, 1.165) is 17.0 Å². The van der Waals surface area contributed by atoms with Crippen LogP contribution in [0, 0.1) is 20.8 Å². The number of H-pyrrole nitrogens is 1. The Morgan fingerprint density at radius 3 is 2.56 bits per heavy atom. The monoisotopic (exact) mass is 370 g/mol. The van der Waals surface area contributed by atoms with Crippen LogP contribution in [0.25, 0.3) is 11.0 Å². The third-order valence-electron chi connectivity index (χ3n) is 4.76. The third kappa shape index (κ3) is 3.27. The highest BCUT2D eigenvalue weighted by molar-refractivity contribution is 6.05. The number of amides is 1. The number of hydrogen-bond donors (Lipinski definition) is 2. The highest BCUT2D eigenvalue weighted by atomic mass is 16.2. The van der Waals surface area contributed by atoms with Crippen molar-refractivity contribution in [2.45, 2.75) is 27.2 Å². The van der Waals surface area contributed by atoms with E-state index in [9.17, 15) is 14.4 Å². The fourth-order valence-corrected chi connectivity index (χ4v) is 3.22. The molecule has 0 aliphatic carbocycles. The average molecular weight is 370 g/mol. The Bertz CT molecular complexity index is 1170. The molecule has 0 aliphatic heterocycles. The van der Waals surface area contributed by atoms with Gasteiger partial charge >= 0.3 is 5.69 Å². The first-order chi connectivity index (χ1) is 12.7. The molecule has 142 valence electrons. The summed E-state index contributed by atoms with van der Waals surface area (Å²) in [7, 11) is 3.38. The molecule has 0 unspecified atom stereocenters. The number of carbonyl (C=O) groups excluding carboxylic acids is 1. The number of pyridine rings is 1. The molecule has 0 fully saturated rings. The predicted molar refractivity (Wildman–Crippen MR) is 101 cm³/mol. The molecule has 3 heterocycles. The molecule has 0 bridgehead atoms. The van der Waals surface area contributed by atoms with Crippen LogP contribution in [-0.2, 0) is 20.5 Å². The van der Waals surface area contributed by atoms with Crippen LogP contribution in [0.2, 0.25) is 0 Å². The van der Waals surface area contributed by atoms with Crippen molar-refractivity contribution in [3.05, 3.63) is 55.1 Å². The molecule has 2 N–H and O–H groups in total. The van der Waals surface area contributed by atoms with Gasteiger partial charge in [-0.3, -0.25) is 23.8 Å². The summed E-state index contributed by atoms with van der Waals surface area (Å²) in [6, 6.07) is 1.55. The molecule has 0 saturated carbocycles. The van der Waals surface area contributed by atoms with Crippen LogP contribution in [0.15, 0.2) is 15.7 Å². The summed E-state index contributed by atoms with van der Waals surface area (Å²) < 4.78 is 3.04. The minimum absolute atomic E-state index is 0.105. The summed E-state index contributed by atoms with van der Waals surface area (Å²) in [6.45, 7) is 6.03. The molecule has 1 amide bonds. The first-order valence-corrected chi connectivity index (χ1v) is 8.58. The first-order valence-electron chi connectivity index (χ1n) is 8.58. The molecule has 0 spiro atoms. The maximum Gasteiger partial charge on any atom is 0.329 e. The maximum absolute atomic E-state index is 12.7. The number of aromatic nitrogens is 5. The second-order valence-corrected chi connectivity index (χ2v) is 6.61. The number of aryl methyl sites for hydroxylation is 4. The second kappa shape index (κ2) is 6.82. The van der Waals surface area contributed by atoms with E-state index >= 15 is 0 Å². The molecule has 0 atom stereocenters. The molecule has 0 aliphatic rings. The molecule has 0 aromatic carbocycles. The van der Waals surface area contributed by atoms with Gasteiger partial charge in [-0.1, -0.05) is 0 Å². The Hall–Kier alpha value is -3.23. The Kier molecular flexibility index (Phi) is 4.69. The zero-order valence-electron chi connectivity index (χ0n) is 16.0. The molecule has 9 heteroatoms. The zero-order valence-corrected chi connectivity index (χ0v) is 16.0. The van der Waals surface area contributed by atoms with Crippen LogP contribution in [0.3, 0.4) is 0 Å². The van der Waals surface area contributed by atoms with Gasteiger partial charge in [-0.15, -0.1) is 0 Å². The van der Waals surface area contributed by atoms with Gasteiger partial charge in [-0.25, -0.2) is 9.78 Å². The normalized spacial score (nSPS) is 11.1. The van der Waals surface area contributed by atoms with Gasteiger partial charge in [0.15, 0.2) is 0 Å². The lowest BCUT2D eigenvalue weighted by Crippen LogP contribution is -2.32. The Balaban J connectivity index is 1.91. The lowest BCUT2D eigenvalue weighted by atomic mass is 10.1. The first kappa shape index (κ1) is 18.6. The van der Waals surface area contributed by atoms with E-state index in [1.165, 1.54) is 11.6 Å². The smallest absolute Gasteiger partial charge is 0.329 e. The van der Waals surface area contributed by atoms with E-state index in [1.807, 2.05) is 25.6 Å². The van der Waals surface area contributed by atoms with Crippen LogP contribution in [0.1, 0.15) is 33.0 Å². The topological polar surface area (TPSA) is 115 Å². The molecule has 3 aromatic rings. The van der Waals surface area contributed by atoms with Crippen LogP contribution in [0.4, 0.5) is 0 Å². The van der Waals surface area contributed by atoms with Gasteiger partial charge in [0.2, 0.25) is 0 Å².